The first-order valence-corrected chi connectivity index (χ1v) is 11.5. The minimum atomic E-state index is 0.0989. The molecule has 0 bridgehead atoms. The van der Waals surface area contributed by atoms with Crippen LogP contribution in [-0.2, 0) is 17.9 Å². The molecule has 1 aliphatic heterocycles. The molecular formula is C27H29N5O. The predicted molar refractivity (Wildman–Crippen MR) is 131 cm³/mol. The van der Waals surface area contributed by atoms with Crippen molar-refractivity contribution in [3.8, 4) is 11.1 Å². The Bertz CT molecular complexity index is 1270. The monoisotopic (exact) mass is 439 g/mol. The summed E-state index contributed by atoms with van der Waals surface area (Å²) in [4.78, 5) is 22.1. The van der Waals surface area contributed by atoms with E-state index in [9.17, 15) is 4.79 Å². The number of carbonyl (C=O) groups excluding carboxylic acids is 1. The fourth-order valence-electron chi connectivity index (χ4n) is 4.66. The molecule has 0 N–H and O–H groups in total. The standard InChI is InChI=1S/C27H29N5O/c1-20-8-6-7-11-23(20)18-30-14-16-31(17-15-30)25(33)19-32-27-26(21(2)29-32)24(12-13-28-27)22-9-4-3-5-10-22/h3-13H,14-19H2,1-2H3. The number of aryl methyl sites for hydroxylation is 2. The second kappa shape index (κ2) is 9.16. The number of piperazine rings is 1. The van der Waals surface area contributed by atoms with E-state index in [4.69, 9.17) is 0 Å². The second-order valence-corrected chi connectivity index (χ2v) is 8.75. The highest BCUT2D eigenvalue weighted by atomic mass is 16.2. The van der Waals surface area contributed by atoms with Crippen LogP contribution in [0, 0.1) is 13.8 Å². The highest BCUT2D eigenvalue weighted by Gasteiger charge is 2.23. The van der Waals surface area contributed by atoms with Gasteiger partial charge in [0.1, 0.15) is 6.54 Å². The molecule has 1 amide bonds. The number of rotatable bonds is 5. The zero-order chi connectivity index (χ0) is 22.8. The summed E-state index contributed by atoms with van der Waals surface area (Å²) in [6.45, 7) is 8.55. The summed E-state index contributed by atoms with van der Waals surface area (Å²) in [6.07, 6.45) is 1.80. The lowest BCUT2D eigenvalue weighted by molar-refractivity contribution is -0.133. The van der Waals surface area contributed by atoms with Gasteiger partial charge in [-0.2, -0.15) is 5.10 Å². The van der Waals surface area contributed by atoms with Gasteiger partial charge in [0, 0.05) is 44.3 Å². The molecule has 0 radical (unpaired) electrons. The van der Waals surface area contributed by atoms with E-state index < -0.39 is 0 Å². The van der Waals surface area contributed by atoms with Gasteiger partial charge in [0.25, 0.3) is 0 Å². The lowest BCUT2D eigenvalue weighted by Gasteiger charge is -2.35. The van der Waals surface area contributed by atoms with Gasteiger partial charge in [0.05, 0.1) is 5.69 Å². The van der Waals surface area contributed by atoms with Crippen LogP contribution in [0.4, 0.5) is 0 Å². The lowest BCUT2D eigenvalue weighted by atomic mass is 10.0. The van der Waals surface area contributed by atoms with E-state index >= 15 is 0 Å². The molecule has 4 aromatic rings. The first-order chi connectivity index (χ1) is 16.1. The molecule has 33 heavy (non-hydrogen) atoms. The van der Waals surface area contributed by atoms with Crippen molar-refractivity contribution in [1.29, 1.82) is 0 Å². The Morgan fingerprint density at radius 1 is 0.909 bits per heavy atom. The van der Waals surface area contributed by atoms with Gasteiger partial charge in [0.15, 0.2) is 5.65 Å². The minimum absolute atomic E-state index is 0.0989. The Balaban J connectivity index is 1.28. The van der Waals surface area contributed by atoms with E-state index in [0.29, 0.717) is 0 Å². The third-order valence-electron chi connectivity index (χ3n) is 6.56. The quantitative estimate of drug-likeness (QED) is 0.471. The van der Waals surface area contributed by atoms with Gasteiger partial charge in [0.2, 0.25) is 5.91 Å². The Kier molecular flexibility index (Phi) is 5.92. The highest BCUT2D eigenvalue weighted by molar-refractivity contribution is 5.95. The third kappa shape index (κ3) is 4.39. The van der Waals surface area contributed by atoms with Crippen molar-refractivity contribution < 1.29 is 4.79 Å². The molecule has 6 nitrogen and oxygen atoms in total. The fraction of sp³-hybridized carbons (Fsp3) is 0.296. The van der Waals surface area contributed by atoms with Gasteiger partial charge < -0.3 is 4.90 Å². The van der Waals surface area contributed by atoms with Gasteiger partial charge in [-0.15, -0.1) is 0 Å². The molecule has 2 aromatic carbocycles. The molecule has 5 rings (SSSR count). The average molecular weight is 440 g/mol. The molecular weight excluding hydrogens is 410 g/mol. The van der Waals surface area contributed by atoms with E-state index in [0.717, 1.165) is 60.6 Å². The summed E-state index contributed by atoms with van der Waals surface area (Å²) in [7, 11) is 0. The first kappa shape index (κ1) is 21.3. The van der Waals surface area contributed by atoms with Crippen LogP contribution in [0.1, 0.15) is 16.8 Å². The Labute approximate surface area is 194 Å². The minimum Gasteiger partial charge on any atom is -0.339 e. The number of amides is 1. The molecule has 6 heteroatoms. The van der Waals surface area contributed by atoms with Crippen molar-refractivity contribution in [2.24, 2.45) is 0 Å². The number of hydrogen-bond donors (Lipinski definition) is 0. The van der Waals surface area contributed by atoms with Crippen LogP contribution in [0.5, 0.6) is 0 Å². The van der Waals surface area contributed by atoms with Gasteiger partial charge in [-0.25, -0.2) is 9.67 Å². The van der Waals surface area contributed by atoms with E-state index in [1.165, 1.54) is 11.1 Å². The molecule has 3 heterocycles. The van der Waals surface area contributed by atoms with Crippen LogP contribution >= 0.6 is 0 Å². The summed E-state index contributed by atoms with van der Waals surface area (Å²) >= 11 is 0. The van der Waals surface area contributed by atoms with Gasteiger partial charge in [-0.1, -0.05) is 54.6 Å². The van der Waals surface area contributed by atoms with Gasteiger partial charge in [-0.3, -0.25) is 9.69 Å². The normalized spacial score (nSPS) is 14.7. The third-order valence-corrected chi connectivity index (χ3v) is 6.56. The van der Waals surface area contributed by atoms with Crippen molar-refractivity contribution >= 4 is 16.9 Å². The summed E-state index contributed by atoms with van der Waals surface area (Å²) in [5.74, 6) is 0.0989. The SMILES string of the molecule is Cc1ccccc1CN1CCN(C(=O)Cn2nc(C)c3c(-c4ccccc4)ccnc32)CC1. The molecule has 1 fully saturated rings. The number of fused-ring (bicyclic) bond motifs is 1. The Morgan fingerprint density at radius 3 is 2.39 bits per heavy atom. The molecule has 0 saturated carbocycles. The van der Waals surface area contributed by atoms with Crippen molar-refractivity contribution in [3.63, 3.8) is 0 Å². The number of pyridine rings is 1. The molecule has 0 aliphatic carbocycles. The molecule has 168 valence electrons. The molecule has 0 spiro atoms. The Hall–Kier alpha value is -3.51. The van der Waals surface area contributed by atoms with Crippen LogP contribution in [0.2, 0.25) is 0 Å². The van der Waals surface area contributed by atoms with Crippen molar-refractivity contribution in [3.05, 3.63) is 83.7 Å². The van der Waals surface area contributed by atoms with Crippen molar-refractivity contribution in [1.82, 2.24) is 24.6 Å². The molecule has 2 aromatic heterocycles. The largest absolute Gasteiger partial charge is 0.339 e. The van der Waals surface area contributed by atoms with Crippen LogP contribution < -0.4 is 0 Å². The number of benzene rings is 2. The molecule has 0 atom stereocenters. The maximum Gasteiger partial charge on any atom is 0.244 e. The highest BCUT2D eigenvalue weighted by Crippen LogP contribution is 2.29. The van der Waals surface area contributed by atoms with Crippen molar-refractivity contribution in [2.75, 3.05) is 26.2 Å². The summed E-state index contributed by atoms with van der Waals surface area (Å²) in [5, 5.41) is 5.70. The number of carbonyl (C=O) groups is 1. The maximum absolute atomic E-state index is 13.1. The van der Waals surface area contributed by atoms with Gasteiger partial charge >= 0.3 is 0 Å². The smallest absolute Gasteiger partial charge is 0.244 e. The topological polar surface area (TPSA) is 54.3 Å². The number of hydrogen-bond acceptors (Lipinski definition) is 4. The van der Waals surface area contributed by atoms with E-state index in [2.05, 4.69) is 58.3 Å². The van der Waals surface area contributed by atoms with Crippen LogP contribution in [0.25, 0.3) is 22.2 Å². The number of nitrogens with zero attached hydrogens (tertiary/aromatic N) is 5. The van der Waals surface area contributed by atoms with E-state index in [1.54, 1.807) is 10.9 Å². The predicted octanol–water partition coefficient (Wildman–Crippen LogP) is 4.06. The zero-order valence-corrected chi connectivity index (χ0v) is 19.2. The van der Waals surface area contributed by atoms with Crippen molar-refractivity contribution in [2.45, 2.75) is 26.9 Å². The first-order valence-electron chi connectivity index (χ1n) is 11.5. The van der Waals surface area contributed by atoms with Crippen LogP contribution in [0.3, 0.4) is 0 Å². The van der Waals surface area contributed by atoms with Crippen LogP contribution in [-0.4, -0.2) is 56.7 Å². The van der Waals surface area contributed by atoms with E-state index in [-0.39, 0.29) is 12.5 Å². The summed E-state index contributed by atoms with van der Waals surface area (Å²) < 4.78 is 1.76. The Morgan fingerprint density at radius 2 is 1.64 bits per heavy atom. The lowest BCUT2D eigenvalue weighted by Crippen LogP contribution is -2.49. The summed E-state index contributed by atoms with van der Waals surface area (Å²) in [6, 6.07) is 20.8. The summed E-state index contributed by atoms with van der Waals surface area (Å²) in [5.41, 5.74) is 6.56. The van der Waals surface area contributed by atoms with E-state index in [1.807, 2.05) is 36.1 Å². The second-order valence-electron chi connectivity index (χ2n) is 8.75. The van der Waals surface area contributed by atoms with Gasteiger partial charge in [-0.05, 0) is 42.2 Å². The maximum atomic E-state index is 13.1. The average Bonchev–Trinajstić information content (AvgIpc) is 3.17. The molecule has 1 saturated heterocycles. The zero-order valence-electron chi connectivity index (χ0n) is 19.2. The van der Waals surface area contributed by atoms with Crippen LogP contribution in [0.15, 0.2) is 66.9 Å². The molecule has 1 aliphatic rings. The number of aromatic nitrogens is 3. The fourth-order valence-corrected chi connectivity index (χ4v) is 4.66. The molecule has 0 unspecified atom stereocenters.